The Kier molecular flexibility index (Phi) is 4.84. The molecule has 2 aliphatic heterocycles. The molecule has 170 valence electrons. The Balaban J connectivity index is 1.56. The van der Waals surface area contributed by atoms with Crippen molar-refractivity contribution in [1.29, 1.82) is 0 Å². The zero-order chi connectivity index (χ0) is 22.7. The van der Waals surface area contributed by atoms with Crippen LogP contribution in [0.1, 0.15) is 58.1 Å². The number of carbonyl (C=O) groups is 3. The van der Waals surface area contributed by atoms with Gasteiger partial charge >= 0.3 is 17.9 Å². The van der Waals surface area contributed by atoms with E-state index in [1.54, 1.807) is 38.5 Å². The number of ether oxygens (including phenoxy) is 3. The van der Waals surface area contributed by atoms with Crippen molar-refractivity contribution in [3.05, 3.63) is 47.5 Å². The van der Waals surface area contributed by atoms with E-state index < -0.39 is 29.0 Å². The van der Waals surface area contributed by atoms with Gasteiger partial charge in [0.1, 0.15) is 18.8 Å². The average molecular weight is 440 g/mol. The first-order valence-electron chi connectivity index (χ1n) is 11.3. The maximum Gasteiger partial charge on any atom is 0.334 e. The van der Waals surface area contributed by atoms with E-state index in [0.717, 1.165) is 18.4 Å². The van der Waals surface area contributed by atoms with Crippen molar-refractivity contribution >= 4 is 17.9 Å². The second-order valence-electron chi connectivity index (χ2n) is 9.65. The smallest absolute Gasteiger partial charge is 0.334 e. The SMILES string of the molecule is C/C=C(/C)C(=O)O[C@H]1C=C2C(=O)OC[C@]23CC[C@@H](C)[C@]2(C[C@H](c4ccoc4)OC2=O)[C@H]3C1. The molecule has 4 aliphatic rings. The summed E-state index contributed by atoms with van der Waals surface area (Å²) in [4.78, 5) is 38.8. The number of cyclic esters (lactones) is 2. The second-order valence-corrected chi connectivity index (χ2v) is 9.65. The van der Waals surface area contributed by atoms with Gasteiger partial charge in [0.2, 0.25) is 0 Å². The van der Waals surface area contributed by atoms with Crippen LogP contribution in [-0.4, -0.2) is 30.6 Å². The summed E-state index contributed by atoms with van der Waals surface area (Å²) < 4.78 is 22.4. The summed E-state index contributed by atoms with van der Waals surface area (Å²) in [6.45, 7) is 5.82. The van der Waals surface area contributed by atoms with Crippen molar-refractivity contribution in [2.24, 2.45) is 22.7 Å². The van der Waals surface area contributed by atoms with E-state index in [2.05, 4.69) is 6.92 Å². The van der Waals surface area contributed by atoms with Crippen molar-refractivity contribution in [2.75, 3.05) is 6.61 Å². The number of furan rings is 1. The van der Waals surface area contributed by atoms with Gasteiger partial charge in [-0.2, -0.15) is 0 Å². The molecule has 7 heteroatoms. The highest BCUT2D eigenvalue weighted by Crippen LogP contribution is 2.67. The van der Waals surface area contributed by atoms with Crippen LogP contribution in [0.4, 0.5) is 0 Å². The van der Waals surface area contributed by atoms with Gasteiger partial charge < -0.3 is 18.6 Å². The fourth-order valence-electron chi connectivity index (χ4n) is 6.38. The molecule has 0 amide bonds. The van der Waals surface area contributed by atoms with E-state index in [4.69, 9.17) is 18.6 Å². The number of allylic oxidation sites excluding steroid dienone is 1. The Bertz CT molecular complexity index is 1020. The predicted molar refractivity (Wildman–Crippen MR) is 112 cm³/mol. The van der Waals surface area contributed by atoms with E-state index in [1.807, 2.05) is 6.07 Å². The van der Waals surface area contributed by atoms with Gasteiger partial charge in [0.25, 0.3) is 0 Å². The highest BCUT2D eigenvalue weighted by molar-refractivity contribution is 5.94. The minimum absolute atomic E-state index is 0.0613. The first-order chi connectivity index (χ1) is 15.3. The molecule has 5 rings (SSSR count). The lowest BCUT2D eigenvalue weighted by Crippen LogP contribution is -2.56. The molecule has 0 bridgehead atoms. The van der Waals surface area contributed by atoms with Crippen LogP contribution in [0.3, 0.4) is 0 Å². The van der Waals surface area contributed by atoms with Crippen molar-refractivity contribution in [1.82, 2.24) is 0 Å². The van der Waals surface area contributed by atoms with E-state index in [0.29, 0.717) is 24.0 Å². The standard InChI is InChI=1S/C25H28O7/c1-4-14(2)21(26)31-17-9-18-22(27)30-13-24(18)7-5-15(3)25(20(24)10-17)11-19(32-23(25)28)16-6-8-29-12-16/h4,6,8-9,12,15,17,19-20H,5,7,10-11,13H2,1-3H3/b14-4-/t15-,17+,19-,20+,24-,25-/m1/s1. The third kappa shape index (κ3) is 2.82. The van der Waals surface area contributed by atoms with Gasteiger partial charge in [-0.1, -0.05) is 13.0 Å². The first-order valence-corrected chi connectivity index (χ1v) is 11.3. The van der Waals surface area contributed by atoms with Gasteiger partial charge in [-0.15, -0.1) is 0 Å². The Morgan fingerprint density at radius 1 is 1.31 bits per heavy atom. The molecule has 7 nitrogen and oxygen atoms in total. The van der Waals surface area contributed by atoms with Gasteiger partial charge in [0, 0.05) is 28.5 Å². The molecule has 0 aromatic carbocycles. The van der Waals surface area contributed by atoms with E-state index in [1.165, 1.54) is 0 Å². The van der Waals surface area contributed by atoms with E-state index >= 15 is 0 Å². The fourth-order valence-corrected chi connectivity index (χ4v) is 6.38. The molecule has 1 aromatic heterocycles. The number of hydrogen-bond acceptors (Lipinski definition) is 7. The highest BCUT2D eigenvalue weighted by atomic mass is 16.6. The topological polar surface area (TPSA) is 92.0 Å². The summed E-state index contributed by atoms with van der Waals surface area (Å²) >= 11 is 0. The third-order valence-electron chi connectivity index (χ3n) is 8.31. The molecular weight excluding hydrogens is 412 g/mol. The Morgan fingerprint density at radius 3 is 2.84 bits per heavy atom. The minimum Gasteiger partial charge on any atom is -0.472 e. The zero-order valence-corrected chi connectivity index (χ0v) is 18.6. The number of hydrogen-bond donors (Lipinski definition) is 0. The molecule has 2 aliphatic carbocycles. The third-order valence-corrected chi connectivity index (χ3v) is 8.31. The number of carbonyl (C=O) groups excluding carboxylic acids is 3. The average Bonchev–Trinajstić information content (AvgIpc) is 3.50. The van der Waals surface area contributed by atoms with Crippen LogP contribution in [0.2, 0.25) is 0 Å². The van der Waals surface area contributed by atoms with Crippen molar-refractivity contribution < 1.29 is 33.0 Å². The maximum atomic E-state index is 13.6. The monoisotopic (exact) mass is 440 g/mol. The van der Waals surface area contributed by atoms with Crippen LogP contribution in [0, 0.1) is 22.7 Å². The fraction of sp³-hybridized carbons (Fsp3) is 0.560. The number of esters is 3. The summed E-state index contributed by atoms with van der Waals surface area (Å²) in [6.07, 6.45) is 8.16. The van der Waals surface area contributed by atoms with Crippen molar-refractivity contribution in [3.8, 4) is 0 Å². The van der Waals surface area contributed by atoms with E-state index in [-0.39, 0.29) is 30.4 Å². The van der Waals surface area contributed by atoms with E-state index in [9.17, 15) is 14.4 Å². The summed E-state index contributed by atoms with van der Waals surface area (Å²) in [7, 11) is 0. The quantitative estimate of drug-likeness (QED) is 0.398. The highest BCUT2D eigenvalue weighted by Gasteiger charge is 2.69. The van der Waals surface area contributed by atoms with Crippen LogP contribution < -0.4 is 0 Å². The number of fused-ring (bicyclic) bond motifs is 1. The molecule has 0 N–H and O–H groups in total. The molecule has 3 heterocycles. The van der Waals surface area contributed by atoms with Gasteiger partial charge in [-0.05, 0) is 57.1 Å². The molecule has 0 radical (unpaired) electrons. The van der Waals surface area contributed by atoms with Crippen LogP contribution in [0.5, 0.6) is 0 Å². The van der Waals surface area contributed by atoms with Crippen LogP contribution >= 0.6 is 0 Å². The van der Waals surface area contributed by atoms with Crippen LogP contribution in [0.15, 0.2) is 46.3 Å². The summed E-state index contributed by atoms with van der Waals surface area (Å²) in [6, 6.07) is 1.82. The Morgan fingerprint density at radius 2 is 2.12 bits per heavy atom. The second kappa shape index (κ2) is 7.36. The Hall–Kier alpha value is -2.83. The first kappa shape index (κ1) is 21.0. The van der Waals surface area contributed by atoms with Crippen LogP contribution in [-0.2, 0) is 28.6 Å². The van der Waals surface area contributed by atoms with Crippen LogP contribution in [0.25, 0.3) is 0 Å². The minimum atomic E-state index is -0.784. The van der Waals surface area contributed by atoms with Gasteiger partial charge in [-0.3, -0.25) is 4.79 Å². The molecular formula is C25H28O7. The van der Waals surface area contributed by atoms with Gasteiger partial charge in [-0.25, -0.2) is 9.59 Å². The summed E-state index contributed by atoms with van der Waals surface area (Å²) in [5.41, 5.74) is 0.552. The lowest BCUT2D eigenvalue weighted by molar-refractivity contribution is -0.165. The molecule has 3 fully saturated rings. The van der Waals surface area contributed by atoms with Gasteiger partial charge in [0.15, 0.2) is 0 Å². The molecule has 32 heavy (non-hydrogen) atoms. The molecule has 1 saturated carbocycles. The summed E-state index contributed by atoms with van der Waals surface area (Å²) in [5, 5.41) is 0. The lowest BCUT2D eigenvalue weighted by atomic mass is 9.46. The Labute approximate surface area is 186 Å². The largest absolute Gasteiger partial charge is 0.472 e. The molecule has 6 atom stereocenters. The molecule has 2 spiro atoms. The van der Waals surface area contributed by atoms with Gasteiger partial charge in [0.05, 0.1) is 17.9 Å². The maximum absolute atomic E-state index is 13.6. The normalized spacial score (nSPS) is 38.6. The predicted octanol–water partition coefficient (Wildman–Crippen LogP) is 4.05. The zero-order valence-electron chi connectivity index (χ0n) is 18.6. The van der Waals surface area contributed by atoms with Crippen molar-refractivity contribution in [2.45, 2.75) is 58.7 Å². The molecule has 2 saturated heterocycles. The molecule has 0 unspecified atom stereocenters. The van der Waals surface area contributed by atoms with Crippen molar-refractivity contribution in [3.63, 3.8) is 0 Å². The lowest BCUT2D eigenvalue weighted by Gasteiger charge is -2.54. The number of rotatable bonds is 3. The summed E-state index contributed by atoms with van der Waals surface area (Å²) in [5.74, 6) is -1.20. The molecule has 1 aromatic rings.